The van der Waals surface area contributed by atoms with Gasteiger partial charge in [-0.05, 0) is 39.5 Å². The molecule has 0 fully saturated rings. The smallest absolute Gasteiger partial charge is 0.408 e. The van der Waals surface area contributed by atoms with Gasteiger partial charge in [-0.15, -0.1) is 0 Å². The van der Waals surface area contributed by atoms with Crippen LogP contribution >= 0.6 is 0 Å². The molecule has 0 heterocycles. The van der Waals surface area contributed by atoms with Gasteiger partial charge in [0, 0.05) is 13.0 Å². The van der Waals surface area contributed by atoms with Gasteiger partial charge in [-0.25, -0.2) is 4.79 Å². The number of nitrogens with one attached hydrogen (secondary N) is 3. The lowest BCUT2D eigenvalue weighted by Crippen LogP contribution is -2.51. The van der Waals surface area contributed by atoms with E-state index in [1.807, 2.05) is 13.8 Å². The second kappa shape index (κ2) is 16.3. The average Bonchev–Trinajstić information content (AvgIpc) is 2.66. The first-order valence-electron chi connectivity index (χ1n) is 11.7. The average molecular weight is 458 g/mol. The number of carboxylic acid groups (broad SMARTS) is 1. The number of carboxylic acids is 1. The quantitative estimate of drug-likeness (QED) is 0.263. The van der Waals surface area contributed by atoms with Gasteiger partial charge in [-0.1, -0.05) is 52.4 Å². The van der Waals surface area contributed by atoms with Crippen molar-refractivity contribution in [2.45, 2.75) is 104 Å². The molecule has 0 aromatic heterocycles. The standard InChI is InChI=1S/C23H43N3O6/c1-17(2)20(26-22(31)32-23(3,4)5)21(30)24-15-13-11-9-7-6-8-10-12-14-18(27)25-16-19(28)29/h17,20H,6-16H2,1-5H3,(H,24,30)(H,25,27)(H,26,31)(H,28,29). The molecule has 0 aliphatic rings. The zero-order valence-corrected chi connectivity index (χ0v) is 20.4. The van der Waals surface area contributed by atoms with Crippen LogP contribution in [0.3, 0.4) is 0 Å². The number of rotatable bonds is 16. The van der Waals surface area contributed by atoms with Crippen LogP contribution in [0.1, 0.15) is 92.4 Å². The molecule has 0 bridgehead atoms. The largest absolute Gasteiger partial charge is 0.480 e. The van der Waals surface area contributed by atoms with E-state index in [1.54, 1.807) is 20.8 Å². The van der Waals surface area contributed by atoms with Crippen molar-refractivity contribution in [2.75, 3.05) is 13.1 Å². The summed E-state index contributed by atoms with van der Waals surface area (Å²) in [6.45, 7) is 9.34. The third-order valence-corrected chi connectivity index (χ3v) is 4.69. The Balaban J connectivity index is 3.79. The van der Waals surface area contributed by atoms with Gasteiger partial charge in [-0.3, -0.25) is 14.4 Å². The molecule has 0 spiro atoms. The van der Waals surface area contributed by atoms with Crippen LogP contribution in [0.2, 0.25) is 0 Å². The summed E-state index contributed by atoms with van der Waals surface area (Å²) in [6.07, 6.45) is 7.74. The first kappa shape index (κ1) is 29.7. The van der Waals surface area contributed by atoms with Crippen molar-refractivity contribution in [1.29, 1.82) is 0 Å². The molecule has 0 rings (SSSR count). The van der Waals surface area contributed by atoms with E-state index in [1.165, 1.54) is 0 Å². The second-order valence-corrected chi connectivity index (χ2v) is 9.41. The highest BCUT2D eigenvalue weighted by Crippen LogP contribution is 2.11. The van der Waals surface area contributed by atoms with Gasteiger partial charge in [0.25, 0.3) is 0 Å². The highest BCUT2D eigenvalue weighted by atomic mass is 16.6. The van der Waals surface area contributed by atoms with Crippen molar-refractivity contribution in [1.82, 2.24) is 16.0 Å². The van der Waals surface area contributed by atoms with Crippen molar-refractivity contribution in [3.05, 3.63) is 0 Å². The Bertz CT molecular complexity index is 587. The molecule has 0 aromatic carbocycles. The number of aliphatic carboxylic acids is 1. The normalized spacial score (nSPS) is 12.2. The molecule has 186 valence electrons. The molecule has 0 saturated heterocycles. The van der Waals surface area contributed by atoms with Crippen LogP contribution in [0.15, 0.2) is 0 Å². The van der Waals surface area contributed by atoms with Crippen LogP contribution < -0.4 is 16.0 Å². The first-order valence-corrected chi connectivity index (χ1v) is 11.7. The minimum Gasteiger partial charge on any atom is -0.480 e. The van der Waals surface area contributed by atoms with Crippen molar-refractivity contribution in [3.8, 4) is 0 Å². The summed E-state index contributed by atoms with van der Waals surface area (Å²) in [4.78, 5) is 46.1. The topological polar surface area (TPSA) is 134 Å². The molecule has 0 aliphatic heterocycles. The van der Waals surface area contributed by atoms with E-state index in [9.17, 15) is 19.2 Å². The molecule has 32 heavy (non-hydrogen) atoms. The Morgan fingerprint density at radius 3 is 1.88 bits per heavy atom. The number of carbonyl (C=O) groups excluding carboxylic acids is 3. The van der Waals surface area contributed by atoms with Gasteiger partial charge in [0.1, 0.15) is 18.2 Å². The van der Waals surface area contributed by atoms with Crippen molar-refractivity contribution >= 4 is 23.9 Å². The van der Waals surface area contributed by atoms with Gasteiger partial charge in [-0.2, -0.15) is 0 Å². The molecule has 4 N–H and O–H groups in total. The van der Waals surface area contributed by atoms with E-state index in [4.69, 9.17) is 9.84 Å². The van der Waals surface area contributed by atoms with E-state index < -0.39 is 23.7 Å². The number of ether oxygens (including phenoxy) is 1. The predicted molar refractivity (Wildman–Crippen MR) is 123 cm³/mol. The Kier molecular flexibility index (Phi) is 15.1. The van der Waals surface area contributed by atoms with Gasteiger partial charge in [0.2, 0.25) is 11.8 Å². The van der Waals surface area contributed by atoms with Gasteiger partial charge in [0.05, 0.1) is 0 Å². The zero-order valence-electron chi connectivity index (χ0n) is 20.4. The van der Waals surface area contributed by atoms with Crippen LogP contribution in [0.4, 0.5) is 4.79 Å². The molecule has 1 atom stereocenters. The third-order valence-electron chi connectivity index (χ3n) is 4.69. The molecular weight excluding hydrogens is 414 g/mol. The molecule has 0 aromatic rings. The summed E-state index contributed by atoms with van der Waals surface area (Å²) in [5.74, 6) is -1.49. The van der Waals surface area contributed by atoms with Crippen LogP contribution in [-0.2, 0) is 19.1 Å². The maximum Gasteiger partial charge on any atom is 0.408 e. The minimum atomic E-state index is -1.03. The summed E-state index contributed by atoms with van der Waals surface area (Å²) < 4.78 is 5.23. The molecule has 0 radical (unpaired) electrons. The van der Waals surface area contributed by atoms with Gasteiger partial charge < -0.3 is 25.8 Å². The Morgan fingerprint density at radius 1 is 0.844 bits per heavy atom. The second-order valence-electron chi connectivity index (χ2n) is 9.41. The van der Waals surface area contributed by atoms with Crippen LogP contribution in [-0.4, -0.2) is 53.7 Å². The zero-order chi connectivity index (χ0) is 24.6. The summed E-state index contributed by atoms with van der Waals surface area (Å²) in [5.41, 5.74) is -0.612. The van der Waals surface area contributed by atoms with Gasteiger partial charge >= 0.3 is 12.1 Å². The number of carbonyl (C=O) groups is 4. The Morgan fingerprint density at radius 2 is 1.38 bits per heavy atom. The van der Waals surface area contributed by atoms with Crippen LogP contribution in [0, 0.1) is 5.92 Å². The number of hydrogen-bond donors (Lipinski definition) is 4. The summed E-state index contributed by atoms with van der Waals surface area (Å²) in [6, 6.07) is -0.629. The highest BCUT2D eigenvalue weighted by Gasteiger charge is 2.26. The Labute approximate surface area is 192 Å². The molecule has 9 heteroatoms. The number of alkyl carbamates (subject to hydrolysis) is 1. The lowest BCUT2D eigenvalue weighted by molar-refractivity contribution is -0.138. The summed E-state index contributed by atoms with van der Waals surface area (Å²) >= 11 is 0. The fourth-order valence-corrected chi connectivity index (χ4v) is 3.02. The Hall–Kier alpha value is -2.32. The van der Waals surface area contributed by atoms with Crippen molar-refractivity contribution < 1.29 is 29.0 Å². The maximum atomic E-state index is 12.4. The van der Waals surface area contributed by atoms with Crippen LogP contribution in [0.25, 0.3) is 0 Å². The van der Waals surface area contributed by atoms with E-state index in [0.29, 0.717) is 13.0 Å². The third kappa shape index (κ3) is 17.4. The number of unbranched alkanes of at least 4 members (excludes halogenated alkanes) is 7. The van der Waals surface area contributed by atoms with Crippen molar-refractivity contribution in [2.24, 2.45) is 5.92 Å². The lowest BCUT2D eigenvalue weighted by Gasteiger charge is -2.25. The van der Waals surface area contributed by atoms with E-state index >= 15 is 0 Å². The number of amides is 3. The first-order chi connectivity index (χ1) is 14.9. The van der Waals surface area contributed by atoms with Crippen molar-refractivity contribution in [3.63, 3.8) is 0 Å². The monoisotopic (exact) mass is 457 g/mol. The fraction of sp³-hybridized carbons (Fsp3) is 0.826. The summed E-state index contributed by atoms with van der Waals surface area (Å²) in [7, 11) is 0. The molecular formula is C23H43N3O6. The van der Waals surface area contributed by atoms with E-state index in [2.05, 4.69) is 16.0 Å². The number of hydrogen-bond acceptors (Lipinski definition) is 5. The lowest BCUT2D eigenvalue weighted by atomic mass is 10.0. The molecule has 0 aliphatic carbocycles. The van der Waals surface area contributed by atoms with E-state index in [0.717, 1.165) is 51.4 Å². The minimum absolute atomic E-state index is 0.0502. The molecule has 9 nitrogen and oxygen atoms in total. The van der Waals surface area contributed by atoms with Gasteiger partial charge in [0.15, 0.2) is 0 Å². The predicted octanol–water partition coefficient (Wildman–Crippen LogP) is 3.36. The van der Waals surface area contributed by atoms with Crippen LogP contribution in [0.5, 0.6) is 0 Å². The highest BCUT2D eigenvalue weighted by molar-refractivity contribution is 5.85. The maximum absolute atomic E-state index is 12.4. The molecule has 1 unspecified atom stereocenters. The SMILES string of the molecule is CC(C)C(NC(=O)OC(C)(C)C)C(=O)NCCCCCCCCCCC(=O)NCC(=O)O. The van der Waals surface area contributed by atoms with E-state index in [-0.39, 0.29) is 24.3 Å². The fourth-order valence-electron chi connectivity index (χ4n) is 3.02. The molecule has 3 amide bonds. The summed E-state index contributed by atoms with van der Waals surface area (Å²) in [5, 5.41) is 16.4. The molecule has 0 saturated carbocycles.